The second-order valence-corrected chi connectivity index (χ2v) is 4.53. The van der Waals surface area contributed by atoms with E-state index in [2.05, 4.69) is 21.2 Å². The molecule has 2 N–H and O–H groups in total. The van der Waals surface area contributed by atoms with Gasteiger partial charge in [0.2, 0.25) is 0 Å². The Morgan fingerprint density at radius 2 is 2.29 bits per heavy atom. The predicted octanol–water partition coefficient (Wildman–Crippen LogP) is 3.12. The van der Waals surface area contributed by atoms with E-state index < -0.39 is 12.0 Å². The number of carboxylic acid groups (broad SMARTS) is 1. The molecule has 0 saturated heterocycles. The average molecular weight is 302 g/mol. The SMILES string of the molecule is CCCC(Nc1ccc(OC)c(Br)c1)C(=O)O. The lowest BCUT2D eigenvalue weighted by atomic mass is 10.1. The van der Waals surface area contributed by atoms with Crippen LogP contribution in [0.2, 0.25) is 0 Å². The molecule has 0 aliphatic carbocycles. The number of aliphatic carboxylic acids is 1. The maximum absolute atomic E-state index is 11.0. The molecule has 0 heterocycles. The van der Waals surface area contributed by atoms with E-state index in [0.29, 0.717) is 6.42 Å². The molecular weight excluding hydrogens is 286 g/mol. The third kappa shape index (κ3) is 3.93. The molecule has 0 radical (unpaired) electrons. The van der Waals surface area contributed by atoms with Gasteiger partial charge in [0.1, 0.15) is 11.8 Å². The van der Waals surface area contributed by atoms with E-state index in [1.165, 1.54) is 0 Å². The maximum Gasteiger partial charge on any atom is 0.326 e. The minimum Gasteiger partial charge on any atom is -0.496 e. The van der Waals surface area contributed by atoms with Crippen LogP contribution in [0.4, 0.5) is 5.69 Å². The van der Waals surface area contributed by atoms with Crippen LogP contribution in [0.1, 0.15) is 19.8 Å². The van der Waals surface area contributed by atoms with Crippen molar-refractivity contribution in [3.8, 4) is 5.75 Å². The molecular formula is C12H16BrNO3. The first-order chi connectivity index (χ1) is 8.08. The second kappa shape index (κ2) is 6.49. The van der Waals surface area contributed by atoms with Crippen LogP contribution in [0.3, 0.4) is 0 Å². The lowest BCUT2D eigenvalue weighted by Gasteiger charge is -2.15. The summed E-state index contributed by atoms with van der Waals surface area (Å²) in [6.45, 7) is 1.96. The molecule has 0 aromatic heterocycles. The quantitative estimate of drug-likeness (QED) is 0.847. The molecule has 1 unspecified atom stereocenters. The van der Waals surface area contributed by atoms with Crippen LogP contribution in [0.15, 0.2) is 22.7 Å². The molecule has 4 nitrogen and oxygen atoms in total. The molecule has 0 fully saturated rings. The molecule has 1 aromatic carbocycles. The van der Waals surface area contributed by atoms with Gasteiger partial charge in [-0.1, -0.05) is 13.3 Å². The van der Waals surface area contributed by atoms with Crippen LogP contribution < -0.4 is 10.1 Å². The molecule has 0 saturated carbocycles. The van der Waals surface area contributed by atoms with Gasteiger partial charge >= 0.3 is 5.97 Å². The standard InChI is InChI=1S/C12H16BrNO3/c1-3-4-10(12(15)16)14-8-5-6-11(17-2)9(13)7-8/h5-7,10,14H,3-4H2,1-2H3,(H,15,16). The van der Waals surface area contributed by atoms with E-state index in [1.807, 2.05) is 13.0 Å². The van der Waals surface area contributed by atoms with E-state index in [0.717, 1.165) is 22.3 Å². The van der Waals surface area contributed by atoms with Crippen molar-refractivity contribution >= 4 is 27.6 Å². The Bertz CT molecular complexity index is 395. The van der Waals surface area contributed by atoms with Crippen molar-refractivity contribution < 1.29 is 14.6 Å². The fourth-order valence-electron chi connectivity index (χ4n) is 1.50. The Morgan fingerprint density at radius 3 is 2.76 bits per heavy atom. The number of anilines is 1. The van der Waals surface area contributed by atoms with E-state index in [4.69, 9.17) is 9.84 Å². The lowest BCUT2D eigenvalue weighted by Crippen LogP contribution is -2.28. The molecule has 1 atom stereocenters. The Balaban J connectivity index is 2.79. The fraction of sp³-hybridized carbons (Fsp3) is 0.417. The molecule has 17 heavy (non-hydrogen) atoms. The van der Waals surface area contributed by atoms with Gasteiger partial charge in [0.15, 0.2) is 0 Å². The number of hydrogen-bond donors (Lipinski definition) is 2. The number of carboxylic acids is 1. The monoisotopic (exact) mass is 301 g/mol. The van der Waals surface area contributed by atoms with Crippen molar-refractivity contribution in [3.05, 3.63) is 22.7 Å². The van der Waals surface area contributed by atoms with Crippen molar-refractivity contribution in [2.45, 2.75) is 25.8 Å². The molecule has 0 amide bonds. The third-order valence-corrected chi connectivity index (χ3v) is 2.99. The number of benzene rings is 1. The van der Waals surface area contributed by atoms with Crippen LogP contribution in [0, 0.1) is 0 Å². The smallest absolute Gasteiger partial charge is 0.326 e. The van der Waals surface area contributed by atoms with Gasteiger partial charge in [-0.2, -0.15) is 0 Å². The highest BCUT2D eigenvalue weighted by atomic mass is 79.9. The Morgan fingerprint density at radius 1 is 1.59 bits per heavy atom. The zero-order chi connectivity index (χ0) is 12.8. The van der Waals surface area contributed by atoms with Gasteiger partial charge < -0.3 is 15.2 Å². The summed E-state index contributed by atoms with van der Waals surface area (Å²) in [7, 11) is 1.59. The van der Waals surface area contributed by atoms with Crippen molar-refractivity contribution in [2.75, 3.05) is 12.4 Å². The van der Waals surface area contributed by atoms with E-state index in [1.54, 1.807) is 19.2 Å². The number of rotatable bonds is 6. The number of methoxy groups -OCH3 is 1. The Kier molecular flexibility index (Phi) is 5.28. The van der Waals surface area contributed by atoms with E-state index in [9.17, 15) is 4.79 Å². The number of nitrogens with one attached hydrogen (secondary N) is 1. The molecule has 1 rings (SSSR count). The number of halogens is 1. The summed E-state index contributed by atoms with van der Waals surface area (Å²) in [6.07, 6.45) is 1.42. The number of ether oxygens (including phenoxy) is 1. The summed E-state index contributed by atoms with van der Waals surface area (Å²) in [5.74, 6) is -0.114. The minimum atomic E-state index is -0.834. The van der Waals surface area contributed by atoms with Crippen LogP contribution in [0.5, 0.6) is 5.75 Å². The summed E-state index contributed by atoms with van der Waals surface area (Å²) in [5.41, 5.74) is 0.763. The van der Waals surface area contributed by atoms with Gasteiger partial charge in [-0.3, -0.25) is 0 Å². The zero-order valence-electron chi connectivity index (χ0n) is 9.87. The number of hydrogen-bond acceptors (Lipinski definition) is 3. The summed E-state index contributed by atoms with van der Waals surface area (Å²) in [5, 5.41) is 12.0. The molecule has 0 aliphatic heterocycles. The third-order valence-electron chi connectivity index (χ3n) is 2.37. The first kappa shape index (κ1) is 13.8. The maximum atomic E-state index is 11.0. The van der Waals surface area contributed by atoms with Crippen LogP contribution in [0.25, 0.3) is 0 Å². The van der Waals surface area contributed by atoms with Crippen molar-refractivity contribution in [2.24, 2.45) is 0 Å². The minimum absolute atomic E-state index is 0.555. The highest BCUT2D eigenvalue weighted by molar-refractivity contribution is 9.10. The molecule has 0 spiro atoms. The van der Waals surface area contributed by atoms with Crippen molar-refractivity contribution in [1.29, 1.82) is 0 Å². The summed E-state index contributed by atoms with van der Waals surface area (Å²) >= 11 is 3.36. The summed E-state index contributed by atoms with van der Waals surface area (Å²) < 4.78 is 5.91. The first-order valence-electron chi connectivity index (χ1n) is 5.41. The molecule has 1 aromatic rings. The van der Waals surface area contributed by atoms with Crippen molar-refractivity contribution in [1.82, 2.24) is 0 Å². The van der Waals surface area contributed by atoms with Crippen LogP contribution in [-0.4, -0.2) is 24.2 Å². The van der Waals surface area contributed by atoms with Gasteiger partial charge in [0, 0.05) is 5.69 Å². The van der Waals surface area contributed by atoms with Gasteiger partial charge in [-0.05, 0) is 40.5 Å². The summed E-state index contributed by atoms with van der Waals surface area (Å²) in [6, 6.07) is 4.84. The van der Waals surface area contributed by atoms with Gasteiger partial charge in [0.05, 0.1) is 11.6 Å². The van der Waals surface area contributed by atoms with E-state index in [-0.39, 0.29) is 0 Å². The largest absolute Gasteiger partial charge is 0.496 e. The average Bonchev–Trinajstić information content (AvgIpc) is 2.28. The predicted molar refractivity (Wildman–Crippen MR) is 70.6 cm³/mol. The summed E-state index contributed by atoms with van der Waals surface area (Å²) in [4.78, 5) is 11.0. The van der Waals surface area contributed by atoms with Crippen LogP contribution >= 0.6 is 15.9 Å². The van der Waals surface area contributed by atoms with Gasteiger partial charge in [-0.25, -0.2) is 4.79 Å². The highest BCUT2D eigenvalue weighted by Gasteiger charge is 2.16. The first-order valence-corrected chi connectivity index (χ1v) is 6.20. The molecule has 5 heteroatoms. The fourth-order valence-corrected chi connectivity index (χ4v) is 2.04. The van der Waals surface area contributed by atoms with E-state index >= 15 is 0 Å². The molecule has 94 valence electrons. The topological polar surface area (TPSA) is 58.6 Å². The van der Waals surface area contributed by atoms with Crippen molar-refractivity contribution in [3.63, 3.8) is 0 Å². The van der Waals surface area contributed by atoms with Gasteiger partial charge in [-0.15, -0.1) is 0 Å². The lowest BCUT2D eigenvalue weighted by molar-refractivity contribution is -0.138. The second-order valence-electron chi connectivity index (χ2n) is 3.67. The normalized spacial score (nSPS) is 11.9. The van der Waals surface area contributed by atoms with Gasteiger partial charge in [0.25, 0.3) is 0 Å². The number of carbonyl (C=O) groups is 1. The molecule has 0 bridgehead atoms. The highest BCUT2D eigenvalue weighted by Crippen LogP contribution is 2.28. The van der Waals surface area contributed by atoms with Crippen LogP contribution in [-0.2, 0) is 4.79 Å². The molecule has 0 aliphatic rings. The Hall–Kier alpha value is -1.23. The Labute approximate surface area is 109 Å². The zero-order valence-corrected chi connectivity index (χ0v) is 11.5.